The van der Waals surface area contributed by atoms with E-state index in [1.165, 1.54) is 11.8 Å². The van der Waals surface area contributed by atoms with E-state index in [4.69, 9.17) is 10.5 Å². The summed E-state index contributed by atoms with van der Waals surface area (Å²) in [6, 6.07) is 0. The van der Waals surface area contributed by atoms with Crippen LogP contribution in [-0.4, -0.2) is 32.6 Å². The van der Waals surface area contributed by atoms with Crippen LogP contribution in [0.4, 0.5) is 0 Å². The molecule has 1 aromatic rings. The standard InChI is InChI=1S/C10H18N4O2S/c1-4-7(9(15)16-5-2)17-10-13-12-8(6-11)14(10)3/h7H,4-6,11H2,1-3H3. The van der Waals surface area contributed by atoms with Gasteiger partial charge in [-0.15, -0.1) is 10.2 Å². The molecule has 0 aliphatic rings. The zero-order valence-electron chi connectivity index (χ0n) is 10.3. The number of nitrogens with zero attached hydrogens (tertiary/aromatic N) is 3. The van der Waals surface area contributed by atoms with Gasteiger partial charge in [0.15, 0.2) is 5.16 Å². The lowest BCUT2D eigenvalue weighted by Crippen LogP contribution is -2.20. The van der Waals surface area contributed by atoms with Crippen molar-refractivity contribution >= 4 is 17.7 Å². The Hall–Kier alpha value is -1.08. The van der Waals surface area contributed by atoms with Crippen LogP contribution in [0.1, 0.15) is 26.1 Å². The summed E-state index contributed by atoms with van der Waals surface area (Å²) in [6.45, 7) is 4.46. The topological polar surface area (TPSA) is 83.0 Å². The SMILES string of the molecule is CCOC(=O)C(CC)Sc1nnc(CN)n1C. The predicted octanol–water partition coefficient (Wildman–Crippen LogP) is 0.708. The number of carbonyl (C=O) groups excluding carboxylic acids is 1. The van der Waals surface area contributed by atoms with E-state index < -0.39 is 0 Å². The van der Waals surface area contributed by atoms with Crippen LogP contribution in [0.25, 0.3) is 0 Å². The predicted molar refractivity (Wildman–Crippen MR) is 65.5 cm³/mol. The van der Waals surface area contributed by atoms with E-state index >= 15 is 0 Å². The Morgan fingerprint density at radius 2 is 2.24 bits per heavy atom. The normalized spacial score (nSPS) is 12.5. The van der Waals surface area contributed by atoms with Gasteiger partial charge in [-0.2, -0.15) is 0 Å². The quantitative estimate of drug-likeness (QED) is 0.597. The summed E-state index contributed by atoms with van der Waals surface area (Å²) < 4.78 is 6.80. The molecule has 96 valence electrons. The number of aromatic nitrogens is 3. The highest BCUT2D eigenvalue weighted by Gasteiger charge is 2.22. The second-order valence-corrected chi connectivity index (χ2v) is 4.60. The summed E-state index contributed by atoms with van der Waals surface area (Å²) in [5.41, 5.74) is 5.51. The Morgan fingerprint density at radius 3 is 2.71 bits per heavy atom. The fraction of sp³-hybridized carbons (Fsp3) is 0.700. The van der Waals surface area contributed by atoms with Crippen LogP contribution < -0.4 is 5.73 Å². The Labute approximate surface area is 105 Å². The summed E-state index contributed by atoms with van der Waals surface area (Å²) in [4.78, 5) is 11.6. The third-order valence-corrected chi connectivity index (χ3v) is 3.65. The zero-order chi connectivity index (χ0) is 12.8. The summed E-state index contributed by atoms with van der Waals surface area (Å²) in [6.07, 6.45) is 0.689. The smallest absolute Gasteiger partial charge is 0.319 e. The van der Waals surface area contributed by atoms with Gasteiger partial charge in [-0.25, -0.2) is 0 Å². The molecule has 1 heterocycles. The van der Waals surface area contributed by atoms with Crippen molar-refractivity contribution in [1.29, 1.82) is 0 Å². The van der Waals surface area contributed by atoms with E-state index in [1.54, 1.807) is 11.5 Å². The summed E-state index contributed by atoms with van der Waals surface area (Å²) in [5, 5.41) is 8.39. The van der Waals surface area contributed by atoms with E-state index in [-0.39, 0.29) is 11.2 Å². The van der Waals surface area contributed by atoms with Crippen LogP contribution in [0.5, 0.6) is 0 Å². The molecule has 0 radical (unpaired) electrons. The molecule has 1 unspecified atom stereocenters. The number of hydrogen-bond acceptors (Lipinski definition) is 6. The third-order valence-electron chi connectivity index (χ3n) is 2.28. The fourth-order valence-electron chi connectivity index (χ4n) is 1.29. The van der Waals surface area contributed by atoms with Gasteiger partial charge >= 0.3 is 5.97 Å². The van der Waals surface area contributed by atoms with Crippen LogP contribution >= 0.6 is 11.8 Å². The number of carbonyl (C=O) groups is 1. The van der Waals surface area contributed by atoms with E-state index in [1.807, 2.05) is 14.0 Å². The van der Waals surface area contributed by atoms with Crippen molar-refractivity contribution in [3.8, 4) is 0 Å². The van der Waals surface area contributed by atoms with Crippen molar-refractivity contribution in [2.24, 2.45) is 12.8 Å². The van der Waals surface area contributed by atoms with E-state index in [9.17, 15) is 4.79 Å². The van der Waals surface area contributed by atoms with E-state index in [0.29, 0.717) is 30.6 Å². The molecule has 17 heavy (non-hydrogen) atoms. The molecule has 7 heteroatoms. The Bertz CT molecular complexity index is 380. The molecule has 2 N–H and O–H groups in total. The van der Waals surface area contributed by atoms with Crippen LogP contribution in [0.3, 0.4) is 0 Å². The molecule has 6 nitrogen and oxygen atoms in total. The van der Waals surface area contributed by atoms with E-state index in [0.717, 1.165) is 0 Å². The van der Waals surface area contributed by atoms with Crippen molar-refractivity contribution in [3.05, 3.63) is 5.82 Å². The first-order chi connectivity index (χ1) is 8.13. The highest BCUT2D eigenvalue weighted by molar-refractivity contribution is 8.00. The van der Waals surface area contributed by atoms with Gasteiger partial charge in [0, 0.05) is 7.05 Å². The lowest BCUT2D eigenvalue weighted by Gasteiger charge is -2.12. The van der Waals surface area contributed by atoms with Gasteiger partial charge in [0.25, 0.3) is 0 Å². The first kappa shape index (κ1) is 14.0. The minimum Gasteiger partial charge on any atom is -0.465 e. The Morgan fingerprint density at radius 1 is 1.53 bits per heavy atom. The molecule has 0 saturated carbocycles. The molecule has 0 saturated heterocycles. The first-order valence-corrected chi connectivity index (χ1v) is 6.43. The zero-order valence-corrected chi connectivity index (χ0v) is 11.2. The number of hydrogen-bond donors (Lipinski definition) is 1. The lowest BCUT2D eigenvalue weighted by atomic mass is 10.3. The summed E-state index contributed by atoms with van der Waals surface area (Å²) in [7, 11) is 1.84. The van der Waals surface area contributed by atoms with Gasteiger partial charge in [0.1, 0.15) is 11.1 Å². The van der Waals surface area contributed by atoms with Gasteiger partial charge in [0.2, 0.25) is 0 Å². The molecule has 0 aromatic carbocycles. The van der Waals surface area contributed by atoms with Gasteiger partial charge < -0.3 is 15.0 Å². The summed E-state index contributed by atoms with van der Waals surface area (Å²) >= 11 is 1.36. The molecule has 0 aliphatic carbocycles. The molecular formula is C10H18N4O2S. The second kappa shape index (κ2) is 6.61. The van der Waals surface area contributed by atoms with Crippen molar-refractivity contribution in [2.45, 2.75) is 37.2 Å². The number of esters is 1. The molecule has 0 aliphatic heterocycles. The number of nitrogens with two attached hydrogens (primary N) is 1. The second-order valence-electron chi connectivity index (χ2n) is 3.43. The van der Waals surface area contributed by atoms with Gasteiger partial charge in [-0.05, 0) is 13.3 Å². The van der Waals surface area contributed by atoms with Gasteiger partial charge in [-0.1, -0.05) is 18.7 Å². The third kappa shape index (κ3) is 3.44. The van der Waals surface area contributed by atoms with Gasteiger partial charge in [0.05, 0.1) is 13.2 Å². The van der Waals surface area contributed by atoms with Gasteiger partial charge in [-0.3, -0.25) is 4.79 Å². The van der Waals surface area contributed by atoms with Crippen LogP contribution in [0, 0.1) is 0 Å². The Balaban J connectivity index is 2.73. The van der Waals surface area contributed by atoms with Crippen molar-refractivity contribution in [3.63, 3.8) is 0 Å². The largest absolute Gasteiger partial charge is 0.465 e. The monoisotopic (exact) mass is 258 g/mol. The molecule has 0 amide bonds. The lowest BCUT2D eigenvalue weighted by molar-refractivity contribution is -0.142. The summed E-state index contributed by atoms with van der Waals surface area (Å²) in [5.74, 6) is 0.489. The highest BCUT2D eigenvalue weighted by Crippen LogP contribution is 2.24. The number of ether oxygens (including phenoxy) is 1. The molecule has 1 rings (SSSR count). The molecule has 0 fully saturated rings. The van der Waals surface area contributed by atoms with Crippen LogP contribution in [-0.2, 0) is 23.1 Å². The van der Waals surface area contributed by atoms with Crippen molar-refractivity contribution in [1.82, 2.24) is 14.8 Å². The first-order valence-electron chi connectivity index (χ1n) is 5.55. The fourth-order valence-corrected chi connectivity index (χ4v) is 2.22. The maximum Gasteiger partial charge on any atom is 0.319 e. The average Bonchev–Trinajstić information content (AvgIpc) is 2.67. The van der Waals surface area contributed by atoms with Crippen molar-refractivity contribution in [2.75, 3.05) is 6.61 Å². The molecule has 0 bridgehead atoms. The van der Waals surface area contributed by atoms with E-state index in [2.05, 4.69) is 10.2 Å². The molecule has 0 spiro atoms. The van der Waals surface area contributed by atoms with Crippen LogP contribution in [0.15, 0.2) is 5.16 Å². The molecular weight excluding hydrogens is 240 g/mol. The number of thioether (sulfide) groups is 1. The average molecular weight is 258 g/mol. The number of rotatable bonds is 6. The maximum absolute atomic E-state index is 11.6. The maximum atomic E-state index is 11.6. The molecule has 1 aromatic heterocycles. The van der Waals surface area contributed by atoms with Crippen molar-refractivity contribution < 1.29 is 9.53 Å². The Kier molecular flexibility index (Phi) is 5.43. The highest BCUT2D eigenvalue weighted by atomic mass is 32.2. The van der Waals surface area contributed by atoms with Crippen LogP contribution in [0.2, 0.25) is 0 Å². The minimum absolute atomic E-state index is 0.211. The minimum atomic E-state index is -0.247. The molecule has 1 atom stereocenters.